The molecule has 4 heterocycles. The van der Waals surface area contributed by atoms with Crippen LogP contribution in [0.5, 0.6) is 11.5 Å². The van der Waals surface area contributed by atoms with Gasteiger partial charge in [-0.1, -0.05) is 19.1 Å². The van der Waals surface area contributed by atoms with Gasteiger partial charge in [0.2, 0.25) is 0 Å². The number of aliphatic hydroxyl groups is 1. The predicted octanol–water partition coefficient (Wildman–Crippen LogP) is 5.61. The van der Waals surface area contributed by atoms with Crippen molar-refractivity contribution in [3.05, 3.63) is 71.7 Å². The summed E-state index contributed by atoms with van der Waals surface area (Å²) >= 11 is 0. The Morgan fingerprint density at radius 2 is 1.95 bits per heavy atom. The maximum Gasteiger partial charge on any atom is 0.163 e. The van der Waals surface area contributed by atoms with Crippen LogP contribution in [0, 0.1) is 23.7 Å². The van der Waals surface area contributed by atoms with Gasteiger partial charge in [0.1, 0.15) is 30.0 Å². The van der Waals surface area contributed by atoms with Crippen molar-refractivity contribution in [1.29, 1.82) is 5.26 Å². The van der Waals surface area contributed by atoms with Gasteiger partial charge in [-0.2, -0.15) is 10.4 Å². The summed E-state index contributed by atoms with van der Waals surface area (Å²) in [6, 6.07) is 13.7. The van der Waals surface area contributed by atoms with E-state index in [4.69, 9.17) is 14.5 Å². The van der Waals surface area contributed by atoms with Crippen LogP contribution in [-0.4, -0.2) is 57.9 Å². The molecular formula is C33H37N5O4. The summed E-state index contributed by atoms with van der Waals surface area (Å²) in [5.41, 5.74) is 3.27. The number of Topliss-reactive ketones (excluding diaryl/α,β-unsaturated/α-hetero) is 1. The number of hydrogen-bond donors (Lipinski definition) is 1. The summed E-state index contributed by atoms with van der Waals surface area (Å²) < 4.78 is 12.9. The normalized spacial score (nSPS) is 14.9. The van der Waals surface area contributed by atoms with Gasteiger partial charge in [0.15, 0.2) is 5.78 Å². The van der Waals surface area contributed by atoms with Gasteiger partial charge in [0.05, 0.1) is 36.2 Å². The first kappa shape index (κ1) is 29.1. The van der Waals surface area contributed by atoms with E-state index in [1.165, 1.54) is 6.20 Å². The molecule has 9 heteroatoms. The standard InChI is InChI=1S/C33H37N5O4/c1-22-26(7-6-8-29(22)41-5)28(39)16-33(4)11-13-37(14-12-33)30-10-9-23(18-35-30)27-15-25(42-21-32(2,3)40)20-38-31(27)24(17-34)19-36-38/h6-10,15,18-20,40H,11-14,16,21H2,1-5H3. The Balaban J connectivity index is 1.31. The molecule has 4 aromatic rings. The number of ketones is 1. The quantitative estimate of drug-likeness (QED) is 0.260. The molecule has 42 heavy (non-hydrogen) atoms. The van der Waals surface area contributed by atoms with Crippen LogP contribution in [0.15, 0.2) is 55.0 Å². The highest BCUT2D eigenvalue weighted by Gasteiger charge is 2.33. The van der Waals surface area contributed by atoms with Crippen molar-refractivity contribution in [2.45, 2.75) is 52.6 Å². The van der Waals surface area contributed by atoms with E-state index in [2.05, 4.69) is 23.0 Å². The first-order valence-electron chi connectivity index (χ1n) is 14.2. The van der Waals surface area contributed by atoms with E-state index >= 15 is 0 Å². The molecule has 218 valence electrons. The SMILES string of the molecule is COc1cccc(C(=O)CC2(C)CCN(c3ccc(-c4cc(OCC(C)(C)O)cn5ncc(C#N)c45)cn3)CC2)c1C. The lowest BCUT2D eigenvalue weighted by molar-refractivity contribution is 0.0283. The molecule has 9 nitrogen and oxygen atoms in total. The molecule has 1 aliphatic heterocycles. The van der Waals surface area contributed by atoms with Gasteiger partial charge in [-0.15, -0.1) is 0 Å². The van der Waals surface area contributed by atoms with Crippen LogP contribution in [0.25, 0.3) is 16.6 Å². The Bertz CT molecular complexity index is 1640. The number of carbonyl (C=O) groups is 1. The molecule has 5 rings (SSSR count). The number of nitrogens with zero attached hydrogens (tertiary/aromatic N) is 5. The second-order valence-electron chi connectivity index (χ2n) is 12.1. The van der Waals surface area contributed by atoms with Gasteiger partial charge in [-0.05, 0) is 63.3 Å². The molecule has 1 aliphatic rings. The van der Waals surface area contributed by atoms with E-state index in [0.29, 0.717) is 23.3 Å². The van der Waals surface area contributed by atoms with Crippen molar-refractivity contribution < 1.29 is 19.4 Å². The number of piperidine rings is 1. The number of carbonyl (C=O) groups excluding carboxylic acids is 1. The zero-order valence-electron chi connectivity index (χ0n) is 24.8. The first-order valence-corrected chi connectivity index (χ1v) is 14.2. The monoisotopic (exact) mass is 567 g/mol. The minimum Gasteiger partial charge on any atom is -0.496 e. The van der Waals surface area contributed by atoms with Crippen LogP contribution in [0.1, 0.15) is 61.5 Å². The molecule has 0 unspecified atom stereocenters. The van der Waals surface area contributed by atoms with E-state index in [0.717, 1.165) is 59.8 Å². The summed E-state index contributed by atoms with van der Waals surface area (Å²) in [5, 5.41) is 24.1. The summed E-state index contributed by atoms with van der Waals surface area (Å²) in [5.74, 6) is 2.29. The molecule has 0 saturated carbocycles. The number of hydrogen-bond acceptors (Lipinski definition) is 8. The molecule has 0 atom stereocenters. The second-order valence-corrected chi connectivity index (χ2v) is 12.1. The Labute approximate surface area is 246 Å². The fraction of sp³-hybridized carbons (Fsp3) is 0.394. The van der Waals surface area contributed by atoms with Crippen molar-refractivity contribution in [3.8, 4) is 28.7 Å². The van der Waals surface area contributed by atoms with Crippen LogP contribution < -0.4 is 14.4 Å². The van der Waals surface area contributed by atoms with E-state index in [1.54, 1.807) is 31.7 Å². The van der Waals surface area contributed by atoms with Gasteiger partial charge in [-0.25, -0.2) is 9.50 Å². The number of fused-ring (bicyclic) bond motifs is 1. The fourth-order valence-electron chi connectivity index (χ4n) is 5.54. The zero-order chi connectivity index (χ0) is 30.1. The third-order valence-electron chi connectivity index (χ3n) is 8.04. The van der Waals surface area contributed by atoms with Gasteiger partial charge in [0, 0.05) is 48.0 Å². The largest absolute Gasteiger partial charge is 0.496 e. The highest BCUT2D eigenvalue weighted by molar-refractivity contribution is 5.98. The molecule has 1 N–H and O–H groups in total. The van der Waals surface area contributed by atoms with Gasteiger partial charge >= 0.3 is 0 Å². The topological polar surface area (TPSA) is 113 Å². The molecule has 0 spiro atoms. The maximum atomic E-state index is 13.2. The van der Waals surface area contributed by atoms with Crippen LogP contribution in [0.4, 0.5) is 5.82 Å². The summed E-state index contributed by atoms with van der Waals surface area (Å²) in [4.78, 5) is 20.3. The number of nitriles is 1. The number of anilines is 1. The average molecular weight is 568 g/mol. The molecule has 1 saturated heterocycles. The highest BCUT2D eigenvalue weighted by Crippen LogP contribution is 2.38. The lowest BCUT2D eigenvalue weighted by Gasteiger charge is -2.39. The number of pyridine rings is 2. The van der Waals surface area contributed by atoms with Crippen molar-refractivity contribution >= 4 is 17.1 Å². The van der Waals surface area contributed by atoms with Crippen molar-refractivity contribution in [1.82, 2.24) is 14.6 Å². The number of rotatable bonds is 9. The molecule has 3 aromatic heterocycles. The zero-order valence-corrected chi connectivity index (χ0v) is 24.8. The number of ether oxygens (including phenoxy) is 2. The molecule has 0 radical (unpaired) electrons. The van der Waals surface area contributed by atoms with Gasteiger partial charge < -0.3 is 19.5 Å². The lowest BCUT2D eigenvalue weighted by atomic mass is 9.75. The van der Waals surface area contributed by atoms with E-state index in [9.17, 15) is 15.2 Å². The first-order chi connectivity index (χ1) is 20.0. The van der Waals surface area contributed by atoms with Crippen LogP contribution in [0.2, 0.25) is 0 Å². The number of benzene rings is 1. The fourth-order valence-corrected chi connectivity index (χ4v) is 5.54. The van der Waals surface area contributed by atoms with E-state index in [1.807, 2.05) is 49.5 Å². The molecule has 0 aliphatic carbocycles. The maximum absolute atomic E-state index is 13.2. The van der Waals surface area contributed by atoms with Crippen molar-refractivity contribution in [3.63, 3.8) is 0 Å². The van der Waals surface area contributed by atoms with Crippen molar-refractivity contribution in [2.75, 3.05) is 31.7 Å². The average Bonchev–Trinajstić information content (AvgIpc) is 3.39. The molecule has 1 aromatic carbocycles. The van der Waals surface area contributed by atoms with E-state index in [-0.39, 0.29) is 17.8 Å². The lowest BCUT2D eigenvalue weighted by Crippen LogP contribution is -2.40. The summed E-state index contributed by atoms with van der Waals surface area (Å²) in [6.07, 6.45) is 7.31. The third-order valence-corrected chi connectivity index (χ3v) is 8.04. The molecule has 1 fully saturated rings. The Morgan fingerprint density at radius 1 is 1.19 bits per heavy atom. The minimum absolute atomic E-state index is 0.0894. The van der Waals surface area contributed by atoms with Crippen LogP contribution >= 0.6 is 0 Å². The van der Waals surface area contributed by atoms with Crippen LogP contribution in [-0.2, 0) is 0 Å². The Kier molecular flexibility index (Phi) is 7.93. The van der Waals surface area contributed by atoms with Gasteiger partial charge in [-0.3, -0.25) is 4.79 Å². The van der Waals surface area contributed by atoms with Crippen LogP contribution in [0.3, 0.4) is 0 Å². The molecular weight excluding hydrogens is 530 g/mol. The van der Waals surface area contributed by atoms with Gasteiger partial charge in [0.25, 0.3) is 0 Å². The number of methoxy groups -OCH3 is 1. The smallest absolute Gasteiger partial charge is 0.163 e. The highest BCUT2D eigenvalue weighted by atomic mass is 16.5. The van der Waals surface area contributed by atoms with Crippen molar-refractivity contribution in [2.24, 2.45) is 5.41 Å². The molecule has 0 bridgehead atoms. The van der Waals surface area contributed by atoms with E-state index < -0.39 is 5.60 Å². The Morgan fingerprint density at radius 3 is 2.60 bits per heavy atom. The summed E-state index contributed by atoms with van der Waals surface area (Å²) in [6.45, 7) is 9.21. The predicted molar refractivity (Wildman–Crippen MR) is 161 cm³/mol. The molecule has 0 amide bonds. The second kappa shape index (κ2) is 11.5. The Hall–Kier alpha value is -4.42. The third kappa shape index (κ3) is 6.09. The number of aromatic nitrogens is 3. The minimum atomic E-state index is -0.994. The summed E-state index contributed by atoms with van der Waals surface area (Å²) in [7, 11) is 1.63.